The number of hydrogen-bond acceptors (Lipinski definition) is 5. The van der Waals surface area contributed by atoms with Gasteiger partial charge >= 0.3 is 6.16 Å². The number of nitrogens with zero attached hydrogens (tertiary/aromatic N) is 1. The molecule has 4 rings (SSSR count). The molecule has 150 valence electrons. The molecule has 0 saturated carbocycles. The third kappa shape index (κ3) is 4.09. The third-order valence-electron chi connectivity index (χ3n) is 5.32. The van der Waals surface area contributed by atoms with Crippen molar-refractivity contribution < 1.29 is 19.4 Å². The number of nitrogens with one attached hydrogen (secondary N) is 2. The molecule has 0 aliphatic carbocycles. The fourth-order valence-corrected chi connectivity index (χ4v) is 3.82. The molecule has 2 heterocycles. The lowest BCUT2D eigenvalue weighted by atomic mass is 9.97. The maximum absolute atomic E-state index is 12.9. The molecule has 0 atom stereocenters. The number of anilines is 1. The summed E-state index contributed by atoms with van der Waals surface area (Å²) in [7, 11) is 2.11. The van der Waals surface area contributed by atoms with Crippen molar-refractivity contribution >= 4 is 29.0 Å². The van der Waals surface area contributed by atoms with Crippen molar-refractivity contribution in [3.05, 3.63) is 59.7 Å². The minimum Gasteiger partial charge on any atom is -0.449 e. The van der Waals surface area contributed by atoms with Gasteiger partial charge in [0.1, 0.15) is 5.75 Å². The van der Waals surface area contributed by atoms with Gasteiger partial charge < -0.3 is 25.4 Å². The first-order valence-electron chi connectivity index (χ1n) is 9.62. The Bertz CT molecular complexity index is 963. The summed E-state index contributed by atoms with van der Waals surface area (Å²) in [5, 5.41) is 15.4. The second-order valence-electron chi connectivity index (χ2n) is 7.37. The smallest absolute Gasteiger partial charge is 0.449 e. The number of fused-ring (bicyclic) bond motifs is 1. The first-order chi connectivity index (χ1) is 14.0. The number of carbonyl (C=O) groups is 2. The van der Waals surface area contributed by atoms with E-state index in [1.54, 1.807) is 12.1 Å². The van der Waals surface area contributed by atoms with Crippen molar-refractivity contribution in [2.45, 2.75) is 18.9 Å². The van der Waals surface area contributed by atoms with Gasteiger partial charge in [-0.2, -0.15) is 0 Å². The van der Waals surface area contributed by atoms with Crippen LogP contribution >= 0.6 is 0 Å². The maximum atomic E-state index is 12.9. The third-order valence-corrected chi connectivity index (χ3v) is 5.32. The van der Waals surface area contributed by atoms with E-state index in [0.29, 0.717) is 16.8 Å². The summed E-state index contributed by atoms with van der Waals surface area (Å²) >= 11 is 0. The lowest BCUT2D eigenvalue weighted by molar-refractivity contribution is -0.110. The van der Waals surface area contributed by atoms with E-state index in [9.17, 15) is 9.59 Å². The van der Waals surface area contributed by atoms with Crippen molar-refractivity contribution in [3.8, 4) is 5.75 Å². The zero-order valence-corrected chi connectivity index (χ0v) is 16.1. The fourth-order valence-electron chi connectivity index (χ4n) is 3.82. The Balaban J connectivity index is 1.78. The van der Waals surface area contributed by atoms with Crippen LogP contribution in [0.3, 0.4) is 0 Å². The number of hydrogen-bond donors (Lipinski definition) is 3. The SMILES string of the molecule is CN1CCC(N/C(=C2\C(=O)Nc3ccc(OC(=O)O)cc32)c2ccccc2)CC1. The Labute approximate surface area is 169 Å². The molecule has 1 amide bonds. The largest absolute Gasteiger partial charge is 0.511 e. The number of carboxylic acid groups (broad SMARTS) is 1. The van der Waals surface area contributed by atoms with Gasteiger partial charge in [0.2, 0.25) is 0 Å². The zero-order chi connectivity index (χ0) is 20.4. The van der Waals surface area contributed by atoms with Crippen molar-refractivity contribution in [3.63, 3.8) is 0 Å². The molecular weight excluding hydrogens is 370 g/mol. The summed E-state index contributed by atoms with van der Waals surface area (Å²) in [5.74, 6) is -0.0382. The lowest BCUT2D eigenvalue weighted by Crippen LogP contribution is -2.40. The molecule has 0 bridgehead atoms. The van der Waals surface area contributed by atoms with E-state index in [0.717, 1.165) is 37.2 Å². The van der Waals surface area contributed by atoms with Crippen LogP contribution in [0, 0.1) is 0 Å². The fraction of sp³-hybridized carbons (Fsp3) is 0.273. The normalized spacial score (nSPS) is 18.7. The monoisotopic (exact) mass is 393 g/mol. The van der Waals surface area contributed by atoms with Crippen molar-refractivity contribution in [1.29, 1.82) is 0 Å². The maximum Gasteiger partial charge on any atom is 0.511 e. The molecular formula is C22H23N3O4. The lowest BCUT2D eigenvalue weighted by Gasteiger charge is -2.31. The van der Waals surface area contributed by atoms with Gasteiger partial charge in [0, 0.05) is 17.3 Å². The predicted octanol–water partition coefficient (Wildman–Crippen LogP) is 3.25. The molecule has 2 aromatic rings. The second kappa shape index (κ2) is 7.97. The van der Waals surface area contributed by atoms with Gasteiger partial charge in [-0.15, -0.1) is 0 Å². The van der Waals surface area contributed by atoms with Crippen LogP contribution in [0.15, 0.2) is 48.5 Å². The highest BCUT2D eigenvalue weighted by atomic mass is 16.7. The summed E-state index contributed by atoms with van der Waals surface area (Å²) in [6.07, 6.45) is 0.577. The molecule has 7 nitrogen and oxygen atoms in total. The van der Waals surface area contributed by atoms with Crippen LogP contribution in [0.25, 0.3) is 11.3 Å². The van der Waals surface area contributed by atoms with Crippen LogP contribution in [-0.4, -0.2) is 48.2 Å². The average molecular weight is 393 g/mol. The summed E-state index contributed by atoms with van der Waals surface area (Å²) < 4.78 is 4.80. The molecule has 2 aliphatic heterocycles. The summed E-state index contributed by atoms with van der Waals surface area (Å²) in [6, 6.07) is 14.8. The molecule has 3 N–H and O–H groups in total. The van der Waals surface area contributed by atoms with Gasteiger partial charge in [0.05, 0.1) is 11.3 Å². The Morgan fingerprint density at radius 3 is 2.59 bits per heavy atom. The number of amides is 1. The molecule has 1 fully saturated rings. The van der Waals surface area contributed by atoms with E-state index in [1.807, 2.05) is 30.3 Å². The highest BCUT2D eigenvalue weighted by Gasteiger charge is 2.30. The summed E-state index contributed by atoms with van der Waals surface area (Å²) in [4.78, 5) is 26.1. The Hall–Kier alpha value is -3.32. The topological polar surface area (TPSA) is 90.9 Å². The standard InChI is InChI=1S/C22H23N3O4/c1-25-11-9-15(10-12-25)23-20(14-5-3-2-4-6-14)19-17-13-16(29-22(27)28)7-8-18(17)24-21(19)26/h2-8,13,15,23H,9-12H2,1H3,(H,24,26)(H,27,28)/b20-19-. The van der Waals surface area contributed by atoms with E-state index in [-0.39, 0.29) is 17.7 Å². The molecule has 2 aliphatic rings. The van der Waals surface area contributed by atoms with E-state index >= 15 is 0 Å². The Morgan fingerprint density at radius 2 is 1.90 bits per heavy atom. The van der Waals surface area contributed by atoms with Gasteiger partial charge in [-0.1, -0.05) is 30.3 Å². The highest BCUT2D eigenvalue weighted by molar-refractivity contribution is 6.36. The quantitative estimate of drug-likeness (QED) is 0.420. The summed E-state index contributed by atoms with van der Waals surface area (Å²) in [5.41, 5.74) is 3.44. The van der Waals surface area contributed by atoms with E-state index in [2.05, 4.69) is 22.6 Å². The van der Waals surface area contributed by atoms with Crippen LogP contribution in [0.4, 0.5) is 10.5 Å². The number of likely N-dealkylation sites (tertiary alicyclic amines) is 1. The van der Waals surface area contributed by atoms with Crippen LogP contribution in [0.2, 0.25) is 0 Å². The van der Waals surface area contributed by atoms with Gasteiger partial charge in [-0.25, -0.2) is 4.79 Å². The molecule has 2 aromatic carbocycles. The van der Waals surface area contributed by atoms with E-state index < -0.39 is 6.16 Å². The number of carbonyl (C=O) groups excluding carboxylic acids is 1. The number of benzene rings is 2. The molecule has 0 aromatic heterocycles. The molecule has 0 radical (unpaired) electrons. The highest BCUT2D eigenvalue weighted by Crippen LogP contribution is 2.38. The average Bonchev–Trinajstić information content (AvgIpc) is 3.03. The van der Waals surface area contributed by atoms with Crippen LogP contribution in [-0.2, 0) is 4.79 Å². The van der Waals surface area contributed by atoms with Crippen molar-refractivity contribution in [2.24, 2.45) is 0 Å². The van der Waals surface area contributed by atoms with Gasteiger partial charge in [0.15, 0.2) is 0 Å². The Morgan fingerprint density at radius 1 is 1.17 bits per heavy atom. The minimum atomic E-state index is -1.39. The van der Waals surface area contributed by atoms with Crippen LogP contribution < -0.4 is 15.4 Å². The second-order valence-corrected chi connectivity index (χ2v) is 7.37. The zero-order valence-electron chi connectivity index (χ0n) is 16.1. The van der Waals surface area contributed by atoms with Crippen molar-refractivity contribution in [2.75, 3.05) is 25.5 Å². The molecule has 1 saturated heterocycles. The molecule has 29 heavy (non-hydrogen) atoms. The van der Waals surface area contributed by atoms with Gasteiger partial charge in [-0.05, 0) is 56.7 Å². The molecule has 0 unspecified atom stereocenters. The van der Waals surface area contributed by atoms with Gasteiger partial charge in [0.25, 0.3) is 5.91 Å². The first kappa shape index (κ1) is 19.0. The predicted molar refractivity (Wildman–Crippen MR) is 111 cm³/mol. The molecule has 0 spiro atoms. The minimum absolute atomic E-state index is 0.178. The summed E-state index contributed by atoms with van der Waals surface area (Å²) in [6.45, 7) is 1.99. The van der Waals surface area contributed by atoms with E-state index in [4.69, 9.17) is 9.84 Å². The van der Waals surface area contributed by atoms with Crippen LogP contribution in [0.5, 0.6) is 5.75 Å². The first-order valence-corrected chi connectivity index (χ1v) is 9.62. The van der Waals surface area contributed by atoms with E-state index in [1.165, 1.54) is 6.07 Å². The number of ether oxygens (including phenoxy) is 1. The van der Waals surface area contributed by atoms with Crippen molar-refractivity contribution in [1.82, 2.24) is 10.2 Å². The Kier molecular flexibility index (Phi) is 5.22. The van der Waals surface area contributed by atoms with Crippen LogP contribution in [0.1, 0.15) is 24.0 Å². The number of rotatable bonds is 4. The number of piperidine rings is 1. The van der Waals surface area contributed by atoms with Gasteiger partial charge in [-0.3, -0.25) is 4.79 Å². The molecule has 7 heteroatoms.